The number of rotatable bonds is 2. The fraction of sp³-hybridized carbons (Fsp3) is 0.471. The zero-order chi connectivity index (χ0) is 15.6. The molecule has 1 atom stereocenters. The van der Waals surface area contributed by atoms with E-state index in [1.807, 2.05) is 58.0 Å². The number of carbonyl (C=O) groups excluding carboxylic acids is 1. The summed E-state index contributed by atoms with van der Waals surface area (Å²) in [6.07, 6.45) is 1.56. The number of hydrogen-bond donors (Lipinski definition) is 1. The lowest BCUT2D eigenvalue weighted by Crippen LogP contribution is -2.41. The molecule has 1 aromatic carbocycles. The van der Waals surface area contributed by atoms with Crippen LogP contribution in [-0.2, 0) is 4.74 Å². The Morgan fingerprint density at radius 1 is 1.38 bits per heavy atom. The van der Waals surface area contributed by atoms with Crippen LogP contribution < -0.4 is 0 Å². The first-order valence-corrected chi connectivity index (χ1v) is 7.19. The second-order valence-corrected chi connectivity index (χ2v) is 6.36. The maximum Gasteiger partial charge on any atom is 0.411 e. The first-order valence-electron chi connectivity index (χ1n) is 7.19. The Morgan fingerprint density at radius 2 is 2.05 bits per heavy atom. The van der Waals surface area contributed by atoms with Crippen molar-refractivity contribution >= 4 is 11.7 Å². The Labute approximate surface area is 126 Å². The molecule has 1 aliphatic heterocycles. The summed E-state index contributed by atoms with van der Waals surface area (Å²) in [4.78, 5) is 13.8. The number of amides is 1. The summed E-state index contributed by atoms with van der Waals surface area (Å²) in [6.45, 7) is 7.92. The molecule has 1 aromatic rings. The fourth-order valence-electron chi connectivity index (χ4n) is 2.46. The molecule has 0 spiro atoms. The third-order valence-electron chi connectivity index (χ3n) is 3.44. The van der Waals surface area contributed by atoms with Crippen LogP contribution in [0.2, 0.25) is 0 Å². The molecule has 0 saturated heterocycles. The van der Waals surface area contributed by atoms with E-state index < -0.39 is 5.60 Å². The number of ether oxygens (including phenoxy) is 1. The third kappa shape index (κ3) is 3.64. The monoisotopic (exact) mass is 289 g/mol. The molecule has 4 heteroatoms. The highest BCUT2D eigenvalue weighted by atomic mass is 16.6. The zero-order valence-electron chi connectivity index (χ0n) is 13.1. The van der Waals surface area contributed by atoms with Gasteiger partial charge in [0.2, 0.25) is 0 Å². The van der Waals surface area contributed by atoms with E-state index in [0.29, 0.717) is 6.54 Å². The van der Waals surface area contributed by atoms with Crippen LogP contribution in [0.5, 0.6) is 0 Å². The predicted molar refractivity (Wildman–Crippen MR) is 83.0 cm³/mol. The van der Waals surface area contributed by atoms with Gasteiger partial charge >= 0.3 is 6.09 Å². The van der Waals surface area contributed by atoms with E-state index in [9.17, 15) is 9.90 Å². The second-order valence-electron chi connectivity index (χ2n) is 6.36. The van der Waals surface area contributed by atoms with Gasteiger partial charge < -0.3 is 9.84 Å². The summed E-state index contributed by atoms with van der Waals surface area (Å²) in [5.41, 5.74) is 2.79. The molecule has 0 fully saturated rings. The van der Waals surface area contributed by atoms with Crippen molar-refractivity contribution in [2.75, 3.05) is 13.2 Å². The molecule has 1 aliphatic rings. The highest BCUT2D eigenvalue weighted by Crippen LogP contribution is 2.28. The molecule has 1 N–H and O–H groups in total. The zero-order valence-corrected chi connectivity index (χ0v) is 13.1. The standard InChI is InChI=1S/C17H23NO3/c1-12-7-5-6-8-15(12)13-9-14(11-19)18(10-13)16(20)21-17(2,3)4/h5-9,14,19H,10-11H2,1-4H3. The Balaban J connectivity index is 2.19. The van der Waals surface area contributed by atoms with E-state index in [-0.39, 0.29) is 18.7 Å². The molecule has 114 valence electrons. The molecular formula is C17H23NO3. The lowest BCUT2D eigenvalue weighted by atomic mass is 10.0. The molecule has 2 rings (SSSR count). The van der Waals surface area contributed by atoms with Gasteiger partial charge in [-0.15, -0.1) is 0 Å². The third-order valence-corrected chi connectivity index (χ3v) is 3.44. The number of aliphatic hydroxyl groups excluding tert-OH is 1. The van der Waals surface area contributed by atoms with Crippen molar-refractivity contribution in [3.8, 4) is 0 Å². The molecule has 1 heterocycles. The normalized spacial score (nSPS) is 18.6. The summed E-state index contributed by atoms with van der Waals surface area (Å²) < 4.78 is 5.41. The van der Waals surface area contributed by atoms with Gasteiger partial charge in [-0.2, -0.15) is 0 Å². The van der Waals surface area contributed by atoms with Gasteiger partial charge in [-0.25, -0.2) is 4.79 Å². The molecule has 21 heavy (non-hydrogen) atoms. The van der Waals surface area contributed by atoms with Gasteiger partial charge in [0.15, 0.2) is 0 Å². The summed E-state index contributed by atoms with van der Waals surface area (Å²) in [6, 6.07) is 7.72. The predicted octanol–water partition coefficient (Wildman–Crippen LogP) is 2.99. The van der Waals surface area contributed by atoms with Crippen molar-refractivity contribution in [1.29, 1.82) is 0 Å². The average Bonchev–Trinajstić information content (AvgIpc) is 2.81. The molecule has 0 bridgehead atoms. The number of hydrogen-bond acceptors (Lipinski definition) is 3. The lowest BCUT2D eigenvalue weighted by Gasteiger charge is -2.27. The van der Waals surface area contributed by atoms with Crippen LogP contribution in [0, 0.1) is 6.92 Å². The van der Waals surface area contributed by atoms with Crippen molar-refractivity contribution < 1.29 is 14.6 Å². The highest BCUT2D eigenvalue weighted by Gasteiger charge is 2.32. The van der Waals surface area contributed by atoms with Crippen LogP contribution in [-0.4, -0.2) is 40.9 Å². The minimum atomic E-state index is -0.539. The topological polar surface area (TPSA) is 49.8 Å². The van der Waals surface area contributed by atoms with Gasteiger partial charge in [-0.05, 0) is 44.4 Å². The van der Waals surface area contributed by atoms with Crippen molar-refractivity contribution in [2.45, 2.75) is 39.3 Å². The number of benzene rings is 1. The summed E-state index contributed by atoms with van der Waals surface area (Å²) in [7, 11) is 0. The summed E-state index contributed by atoms with van der Waals surface area (Å²) in [5.74, 6) is 0. The Kier molecular flexibility index (Phi) is 4.37. The van der Waals surface area contributed by atoms with Crippen LogP contribution in [0.4, 0.5) is 4.79 Å². The number of aliphatic hydroxyl groups is 1. The highest BCUT2D eigenvalue weighted by molar-refractivity contribution is 5.79. The smallest absolute Gasteiger partial charge is 0.411 e. The fourth-order valence-corrected chi connectivity index (χ4v) is 2.46. The maximum atomic E-state index is 12.3. The molecular weight excluding hydrogens is 266 g/mol. The van der Waals surface area contributed by atoms with Crippen LogP contribution in [0.25, 0.3) is 5.57 Å². The minimum Gasteiger partial charge on any atom is -0.444 e. The number of nitrogens with zero attached hydrogens (tertiary/aromatic N) is 1. The molecule has 4 nitrogen and oxygen atoms in total. The minimum absolute atomic E-state index is 0.103. The molecule has 0 saturated carbocycles. The van der Waals surface area contributed by atoms with Gasteiger partial charge in [-0.1, -0.05) is 30.3 Å². The first kappa shape index (κ1) is 15.6. The first-order chi connectivity index (χ1) is 9.81. The van der Waals surface area contributed by atoms with E-state index in [4.69, 9.17) is 4.74 Å². The molecule has 0 aromatic heterocycles. The number of carbonyl (C=O) groups is 1. The SMILES string of the molecule is Cc1ccccc1C1=CC(CO)N(C(=O)OC(C)(C)C)C1. The second kappa shape index (κ2) is 5.90. The number of aryl methyl sites for hydroxylation is 1. The van der Waals surface area contributed by atoms with Gasteiger partial charge in [0.1, 0.15) is 5.60 Å². The Morgan fingerprint density at radius 3 is 2.62 bits per heavy atom. The Hall–Kier alpha value is -1.81. The van der Waals surface area contributed by atoms with Crippen LogP contribution in [0.3, 0.4) is 0 Å². The Bertz CT molecular complexity index is 557. The summed E-state index contributed by atoms with van der Waals surface area (Å²) >= 11 is 0. The van der Waals surface area contributed by atoms with Crippen LogP contribution in [0.1, 0.15) is 31.9 Å². The van der Waals surface area contributed by atoms with Crippen molar-refractivity contribution in [2.24, 2.45) is 0 Å². The molecule has 1 unspecified atom stereocenters. The van der Waals surface area contributed by atoms with Gasteiger partial charge in [0.05, 0.1) is 19.2 Å². The molecule has 0 aliphatic carbocycles. The van der Waals surface area contributed by atoms with E-state index in [0.717, 1.165) is 16.7 Å². The average molecular weight is 289 g/mol. The van der Waals surface area contributed by atoms with Crippen molar-refractivity contribution in [3.63, 3.8) is 0 Å². The maximum absolute atomic E-state index is 12.3. The van der Waals surface area contributed by atoms with Gasteiger partial charge in [0.25, 0.3) is 0 Å². The summed E-state index contributed by atoms with van der Waals surface area (Å²) in [5, 5.41) is 9.52. The van der Waals surface area contributed by atoms with E-state index >= 15 is 0 Å². The molecule has 1 amide bonds. The van der Waals surface area contributed by atoms with E-state index in [2.05, 4.69) is 0 Å². The van der Waals surface area contributed by atoms with Gasteiger partial charge in [0, 0.05) is 0 Å². The quantitative estimate of drug-likeness (QED) is 0.910. The van der Waals surface area contributed by atoms with Crippen molar-refractivity contribution in [3.05, 3.63) is 41.5 Å². The van der Waals surface area contributed by atoms with Gasteiger partial charge in [-0.3, -0.25) is 4.90 Å². The van der Waals surface area contributed by atoms with Crippen LogP contribution >= 0.6 is 0 Å². The largest absolute Gasteiger partial charge is 0.444 e. The van der Waals surface area contributed by atoms with E-state index in [1.165, 1.54) is 0 Å². The van der Waals surface area contributed by atoms with Crippen LogP contribution in [0.15, 0.2) is 30.3 Å². The van der Waals surface area contributed by atoms with Crippen molar-refractivity contribution in [1.82, 2.24) is 4.90 Å². The molecule has 0 radical (unpaired) electrons. The van der Waals surface area contributed by atoms with E-state index in [1.54, 1.807) is 4.90 Å². The lowest BCUT2D eigenvalue weighted by molar-refractivity contribution is 0.0200.